The van der Waals surface area contributed by atoms with E-state index >= 15 is 4.39 Å². The van der Waals surface area contributed by atoms with Crippen LogP contribution in [0.25, 0.3) is 11.1 Å². The van der Waals surface area contributed by atoms with Crippen LogP contribution < -0.4 is 42.2 Å². The van der Waals surface area contributed by atoms with Gasteiger partial charge in [0.05, 0.1) is 18.2 Å². The summed E-state index contributed by atoms with van der Waals surface area (Å²) >= 11 is 0. The van der Waals surface area contributed by atoms with E-state index in [1.165, 1.54) is 20.0 Å². The molecule has 5 amide bonds. The van der Waals surface area contributed by atoms with Crippen molar-refractivity contribution in [3.63, 3.8) is 0 Å². The number of rotatable bonds is 18. The Morgan fingerprint density at radius 3 is 2.23 bits per heavy atom. The molecule has 3 atom stereocenters. The maximum Gasteiger partial charge on any atom is 0.254 e. The van der Waals surface area contributed by atoms with E-state index in [4.69, 9.17) is 26.2 Å². The highest BCUT2D eigenvalue weighted by Crippen LogP contribution is 2.40. The smallest absolute Gasteiger partial charge is 0.254 e. The van der Waals surface area contributed by atoms with E-state index in [1.807, 2.05) is 6.07 Å². The number of nitrogens with zero attached hydrogens (tertiary/aromatic N) is 2. The number of halogens is 1. The lowest BCUT2D eigenvalue weighted by atomic mass is 9.93. The van der Waals surface area contributed by atoms with Crippen molar-refractivity contribution in [2.24, 2.45) is 11.5 Å². The van der Waals surface area contributed by atoms with Gasteiger partial charge in [-0.25, -0.2) is 4.39 Å². The fourth-order valence-corrected chi connectivity index (χ4v) is 7.03. The first-order valence-electron chi connectivity index (χ1n) is 20.3. The van der Waals surface area contributed by atoms with Crippen molar-refractivity contribution in [3.05, 3.63) is 82.2 Å². The largest absolute Gasteiger partial charge is 0.492 e. The first kappa shape index (κ1) is 46.6. The van der Waals surface area contributed by atoms with Crippen LogP contribution in [0.15, 0.2) is 48.5 Å². The number of nitrogens with two attached hydrogens (primary N) is 2. The third kappa shape index (κ3) is 12.5. The number of carbonyl (C=O) groups excluding carboxylic acids is 5. The van der Waals surface area contributed by atoms with Crippen molar-refractivity contribution in [1.29, 1.82) is 5.26 Å². The number of carbonyl (C=O) groups is 5. The average Bonchev–Trinajstić information content (AvgIpc) is 3.22. The van der Waals surface area contributed by atoms with Crippen molar-refractivity contribution in [3.8, 4) is 28.7 Å². The number of nitriles is 1. The lowest BCUT2D eigenvalue weighted by molar-refractivity contribution is -0.139. The number of likely N-dealkylation sites (N-methyl/N-ethyl adjacent to an activating group) is 1. The molecule has 4 bridgehead atoms. The van der Waals surface area contributed by atoms with Gasteiger partial charge in [-0.15, -0.1) is 0 Å². The quantitative estimate of drug-likeness (QED) is 0.0811. The number of unbranched alkanes of at least 4 members (excludes halogenated alkanes) is 4. The first-order valence-corrected chi connectivity index (χ1v) is 20.3. The Morgan fingerprint density at radius 1 is 0.917 bits per heavy atom. The zero-order valence-electron chi connectivity index (χ0n) is 34.8. The molecule has 1 heterocycles. The van der Waals surface area contributed by atoms with Crippen molar-refractivity contribution in [1.82, 2.24) is 26.2 Å². The molecule has 1 aliphatic heterocycles. The van der Waals surface area contributed by atoms with E-state index in [9.17, 15) is 24.0 Å². The summed E-state index contributed by atoms with van der Waals surface area (Å²) in [6.07, 6.45) is 6.01. The molecule has 1 aliphatic rings. The number of benzene rings is 3. The molecule has 15 nitrogen and oxygen atoms in total. The SMILES string of the molecule is CCCCCCCc1cc(C)c(C(=O)NCC(=O)N(C)C2C(=O)N[C@@H](C)C(=O)NC(C(=O)NCC#N)Cc3ccc(OCCN)c(c3)-c3cc2ccc3OCCN)c(F)c1. The fourth-order valence-electron chi connectivity index (χ4n) is 7.03. The van der Waals surface area contributed by atoms with E-state index in [0.717, 1.165) is 42.6 Å². The molecule has 0 fully saturated rings. The van der Waals surface area contributed by atoms with Crippen molar-refractivity contribution in [2.45, 2.75) is 83.8 Å². The van der Waals surface area contributed by atoms with E-state index in [1.54, 1.807) is 49.4 Å². The molecule has 8 N–H and O–H groups in total. The summed E-state index contributed by atoms with van der Waals surface area (Å²) in [6.45, 7) is 5.00. The van der Waals surface area contributed by atoms with Crippen molar-refractivity contribution in [2.75, 3.05) is 46.4 Å². The number of aryl methyl sites for hydroxylation is 2. The van der Waals surface area contributed by atoms with Gasteiger partial charge in [-0.2, -0.15) is 5.26 Å². The molecule has 322 valence electrons. The standard InChI is InChI=1S/C44H57FN8O7/c1-5-6-7-8-9-10-29-21-27(2)39(34(45)23-29)43(57)50-26-38(54)53(4)40-31-12-14-37(60-20-17-48)33(25-31)32-22-30(11-13-36(32)59-19-16-47)24-35(42(56)49-18-15-46)52-41(55)28(3)51-44(40)58/h11-14,21-23,25,28,35,40H,5-10,16-20,24,26,47-48H2,1-4H3,(H,49,56)(H,50,57)(H,51,58)(H,52,55)/t28-,35?,40?/m0/s1. The van der Waals surface area contributed by atoms with Gasteiger partial charge in [0, 0.05) is 37.7 Å². The Morgan fingerprint density at radius 2 is 1.58 bits per heavy atom. The van der Waals surface area contributed by atoms with Gasteiger partial charge >= 0.3 is 0 Å². The lowest BCUT2D eigenvalue weighted by Crippen LogP contribution is -2.55. The van der Waals surface area contributed by atoms with E-state index in [-0.39, 0.29) is 44.8 Å². The van der Waals surface area contributed by atoms with Crippen LogP contribution in [0, 0.1) is 24.1 Å². The summed E-state index contributed by atoms with van der Waals surface area (Å²) in [7, 11) is 1.37. The number of hydrogen-bond acceptors (Lipinski definition) is 10. The molecule has 3 aromatic rings. The molecule has 0 saturated carbocycles. The van der Waals surface area contributed by atoms with Crippen LogP contribution in [0.4, 0.5) is 4.39 Å². The number of ether oxygens (including phenoxy) is 2. The van der Waals surface area contributed by atoms with Gasteiger partial charge in [0.1, 0.15) is 55.2 Å². The minimum Gasteiger partial charge on any atom is -0.492 e. The Labute approximate surface area is 350 Å². The first-order chi connectivity index (χ1) is 28.8. The maximum atomic E-state index is 15.4. The Bertz CT molecular complexity index is 2030. The summed E-state index contributed by atoms with van der Waals surface area (Å²) in [6, 6.07) is 11.3. The molecule has 16 heteroatoms. The Kier molecular flexibility index (Phi) is 17.8. The molecule has 0 aromatic heterocycles. The topological polar surface area (TPSA) is 231 Å². The van der Waals surface area contributed by atoms with Gasteiger partial charge in [0.2, 0.25) is 23.6 Å². The second-order valence-corrected chi connectivity index (χ2v) is 14.8. The number of amides is 5. The van der Waals surface area contributed by atoms with E-state index in [2.05, 4.69) is 28.2 Å². The predicted octanol–water partition coefficient (Wildman–Crippen LogP) is 3.10. The second kappa shape index (κ2) is 22.9. The van der Waals surface area contributed by atoms with Crippen LogP contribution in [0.3, 0.4) is 0 Å². The molecule has 0 saturated heterocycles. The van der Waals surface area contributed by atoms with Gasteiger partial charge in [0.15, 0.2) is 0 Å². The summed E-state index contributed by atoms with van der Waals surface area (Å²) in [5, 5.41) is 19.4. The summed E-state index contributed by atoms with van der Waals surface area (Å²) < 4.78 is 27.4. The second-order valence-electron chi connectivity index (χ2n) is 14.8. The highest BCUT2D eigenvalue weighted by molar-refractivity contribution is 5.99. The van der Waals surface area contributed by atoms with Crippen LogP contribution in [-0.4, -0.2) is 93.0 Å². The molecule has 60 heavy (non-hydrogen) atoms. The third-order valence-corrected chi connectivity index (χ3v) is 10.1. The minimum absolute atomic E-state index is 0.00476. The monoisotopic (exact) mass is 828 g/mol. The van der Waals surface area contributed by atoms with E-state index in [0.29, 0.717) is 45.7 Å². The fraction of sp³-hybridized carbons (Fsp3) is 0.455. The molecule has 4 rings (SSSR count). The zero-order valence-corrected chi connectivity index (χ0v) is 34.8. The van der Waals surface area contributed by atoms with Crippen LogP contribution in [-0.2, 0) is 32.0 Å². The third-order valence-electron chi connectivity index (χ3n) is 10.1. The van der Waals surface area contributed by atoms with Crippen LogP contribution in [0.5, 0.6) is 11.5 Å². The van der Waals surface area contributed by atoms with Gasteiger partial charge in [0.25, 0.3) is 5.91 Å². The molecular weight excluding hydrogens is 772 g/mol. The summed E-state index contributed by atoms with van der Waals surface area (Å²) in [5.74, 6) is -3.50. The zero-order chi connectivity index (χ0) is 43.8. The summed E-state index contributed by atoms with van der Waals surface area (Å²) in [5.41, 5.74) is 14.5. The van der Waals surface area contributed by atoms with Crippen LogP contribution in [0.2, 0.25) is 0 Å². The van der Waals surface area contributed by atoms with E-state index < -0.39 is 60.0 Å². The number of hydrogen-bond donors (Lipinski definition) is 6. The number of nitrogens with one attached hydrogen (secondary N) is 4. The summed E-state index contributed by atoms with van der Waals surface area (Å²) in [4.78, 5) is 69.4. The van der Waals surface area contributed by atoms with Gasteiger partial charge in [-0.05, 0) is 79.3 Å². The molecular formula is C44H57FN8O7. The van der Waals surface area contributed by atoms with Crippen LogP contribution >= 0.6 is 0 Å². The maximum absolute atomic E-state index is 15.4. The molecule has 3 aromatic carbocycles. The van der Waals surface area contributed by atoms with Crippen LogP contribution in [0.1, 0.15) is 84.6 Å². The van der Waals surface area contributed by atoms with Gasteiger partial charge in [-0.1, -0.05) is 50.8 Å². The minimum atomic E-state index is -1.38. The highest BCUT2D eigenvalue weighted by atomic mass is 19.1. The molecule has 0 radical (unpaired) electrons. The molecule has 2 unspecified atom stereocenters. The average molecular weight is 829 g/mol. The van der Waals surface area contributed by atoms with Crippen molar-refractivity contribution >= 4 is 29.5 Å². The number of fused-ring (bicyclic) bond motifs is 5. The Hall–Kier alpha value is -6.05. The predicted molar refractivity (Wildman–Crippen MR) is 224 cm³/mol. The Balaban J connectivity index is 1.73. The lowest BCUT2D eigenvalue weighted by Gasteiger charge is -2.30. The normalized spacial score (nSPS) is 16.3. The molecule has 0 spiro atoms. The van der Waals surface area contributed by atoms with Gasteiger partial charge in [-0.3, -0.25) is 24.0 Å². The molecule has 0 aliphatic carbocycles. The highest BCUT2D eigenvalue weighted by Gasteiger charge is 2.33. The van der Waals surface area contributed by atoms with Crippen molar-refractivity contribution < 1.29 is 37.8 Å². The van der Waals surface area contributed by atoms with Gasteiger partial charge < -0.3 is 47.1 Å².